The lowest BCUT2D eigenvalue weighted by Gasteiger charge is -2.06. The minimum atomic E-state index is -0.298. The molecule has 136 valence electrons. The zero-order valence-corrected chi connectivity index (χ0v) is 14.8. The third-order valence-corrected chi connectivity index (χ3v) is 4.80. The van der Waals surface area contributed by atoms with Crippen molar-refractivity contribution in [3.8, 4) is 0 Å². The molecular formula is C22H18F2N2O. The maximum Gasteiger partial charge on any atom is 0.224 e. The first-order valence-corrected chi connectivity index (χ1v) is 8.69. The molecule has 27 heavy (non-hydrogen) atoms. The van der Waals surface area contributed by atoms with Gasteiger partial charge in [-0.1, -0.05) is 24.3 Å². The quantitative estimate of drug-likeness (QED) is 0.570. The van der Waals surface area contributed by atoms with Gasteiger partial charge in [0.2, 0.25) is 5.91 Å². The molecule has 4 aromatic rings. The highest BCUT2D eigenvalue weighted by atomic mass is 19.1. The minimum Gasteiger partial charge on any atom is -0.352 e. The lowest BCUT2D eigenvalue weighted by molar-refractivity contribution is -0.120. The number of fused-ring (bicyclic) bond motifs is 3. The fourth-order valence-corrected chi connectivity index (χ4v) is 3.39. The summed E-state index contributed by atoms with van der Waals surface area (Å²) in [6, 6.07) is 16.6. The van der Waals surface area contributed by atoms with Gasteiger partial charge in [0.15, 0.2) is 0 Å². The number of halogens is 2. The molecule has 0 aliphatic rings. The zero-order valence-electron chi connectivity index (χ0n) is 14.8. The summed E-state index contributed by atoms with van der Waals surface area (Å²) in [6.45, 7) is 0.356. The molecular weight excluding hydrogens is 346 g/mol. The van der Waals surface area contributed by atoms with Crippen molar-refractivity contribution in [3.63, 3.8) is 0 Å². The van der Waals surface area contributed by atoms with Gasteiger partial charge in [-0.25, -0.2) is 8.78 Å². The van der Waals surface area contributed by atoms with E-state index in [1.54, 1.807) is 18.2 Å². The molecule has 1 amide bonds. The van der Waals surface area contributed by atoms with Crippen LogP contribution in [0.1, 0.15) is 11.1 Å². The van der Waals surface area contributed by atoms with Gasteiger partial charge in [0.05, 0.1) is 6.42 Å². The van der Waals surface area contributed by atoms with Gasteiger partial charge >= 0.3 is 0 Å². The van der Waals surface area contributed by atoms with Crippen molar-refractivity contribution in [2.24, 2.45) is 7.05 Å². The molecule has 3 nitrogen and oxygen atoms in total. The molecule has 0 unspecified atom stereocenters. The number of carbonyl (C=O) groups is 1. The van der Waals surface area contributed by atoms with Gasteiger partial charge in [0.1, 0.15) is 11.6 Å². The van der Waals surface area contributed by atoms with Crippen LogP contribution in [0.4, 0.5) is 8.78 Å². The summed E-state index contributed by atoms with van der Waals surface area (Å²) in [4.78, 5) is 12.2. The van der Waals surface area contributed by atoms with Crippen molar-refractivity contribution in [3.05, 3.63) is 83.4 Å². The lowest BCUT2D eigenvalue weighted by Crippen LogP contribution is -2.24. The lowest BCUT2D eigenvalue weighted by atomic mass is 10.1. The van der Waals surface area contributed by atoms with Crippen LogP contribution in [0.3, 0.4) is 0 Å². The monoisotopic (exact) mass is 364 g/mol. The number of aromatic nitrogens is 1. The number of aryl methyl sites for hydroxylation is 1. The summed E-state index contributed by atoms with van der Waals surface area (Å²) in [5, 5.41) is 4.67. The molecule has 3 aromatic carbocycles. The fraction of sp³-hybridized carbons (Fsp3) is 0.136. The number of amides is 1. The molecule has 0 aliphatic heterocycles. The van der Waals surface area contributed by atoms with Crippen molar-refractivity contribution < 1.29 is 13.6 Å². The SMILES string of the molecule is Cn1c2ccc(F)cc2c2ccc(CC(=O)NCc3ccc(F)cc3)cc21. The van der Waals surface area contributed by atoms with Gasteiger partial charge in [0, 0.05) is 35.4 Å². The van der Waals surface area contributed by atoms with E-state index < -0.39 is 0 Å². The van der Waals surface area contributed by atoms with Gasteiger partial charge in [-0.2, -0.15) is 0 Å². The van der Waals surface area contributed by atoms with Crippen molar-refractivity contribution in [2.75, 3.05) is 0 Å². The van der Waals surface area contributed by atoms with Crippen LogP contribution in [-0.2, 0) is 24.8 Å². The summed E-state index contributed by atoms with van der Waals surface area (Å²) in [7, 11) is 1.93. The predicted molar refractivity (Wildman–Crippen MR) is 102 cm³/mol. The number of nitrogens with one attached hydrogen (secondary N) is 1. The van der Waals surface area contributed by atoms with E-state index in [1.807, 2.05) is 29.8 Å². The van der Waals surface area contributed by atoms with Crippen LogP contribution in [0.15, 0.2) is 60.7 Å². The van der Waals surface area contributed by atoms with Crippen LogP contribution in [0, 0.1) is 11.6 Å². The molecule has 0 saturated carbocycles. The standard InChI is InChI=1S/C22H18F2N2O/c1-26-20-9-7-17(24)12-19(20)18-8-4-15(10-21(18)26)11-22(27)25-13-14-2-5-16(23)6-3-14/h2-10,12H,11,13H2,1H3,(H,25,27). The van der Waals surface area contributed by atoms with Gasteiger partial charge < -0.3 is 9.88 Å². The van der Waals surface area contributed by atoms with Crippen LogP contribution >= 0.6 is 0 Å². The number of rotatable bonds is 4. The molecule has 0 aliphatic carbocycles. The Hall–Kier alpha value is -3.21. The van der Waals surface area contributed by atoms with Crippen LogP contribution < -0.4 is 5.32 Å². The summed E-state index contributed by atoms with van der Waals surface area (Å²) < 4.78 is 28.5. The Morgan fingerprint density at radius 1 is 0.852 bits per heavy atom. The Balaban J connectivity index is 1.53. The van der Waals surface area contributed by atoms with E-state index in [0.29, 0.717) is 6.54 Å². The molecule has 0 fully saturated rings. The van der Waals surface area contributed by atoms with Crippen molar-refractivity contribution >= 4 is 27.7 Å². The molecule has 0 atom stereocenters. The molecule has 1 N–H and O–H groups in total. The Bertz CT molecular complexity index is 1150. The van der Waals surface area contributed by atoms with Crippen molar-refractivity contribution in [1.29, 1.82) is 0 Å². The van der Waals surface area contributed by atoms with E-state index in [-0.39, 0.29) is 24.0 Å². The molecule has 4 rings (SSSR count). The second-order valence-corrected chi connectivity index (χ2v) is 6.65. The second-order valence-electron chi connectivity index (χ2n) is 6.65. The molecule has 1 aromatic heterocycles. The maximum atomic E-state index is 13.6. The summed E-state index contributed by atoms with van der Waals surface area (Å²) >= 11 is 0. The van der Waals surface area contributed by atoms with Gasteiger partial charge in [-0.15, -0.1) is 0 Å². The average molecular weight is 364 g/mol. The highest BCUT2D eigenvalue weighted by Crippen LogP contribution is 2.29. The highest BCUT2D eigenvalue weighted by molar-refractivity contribution is 6.08. The third-order valence-electron chi connectivity index (χ3n) is 4.80. The van der Waals surface area contributed by atoms with Gasteiger partial charge in [0.25, 0.3) is 0 Å². The summed E-state index contributed by atoms with van der Waals surface area (Å²) in [5.41, 5.74) is 3.63. The first-order valence-electron chi connectivity index (χ1n) is 8.69. The fourth-order valence-electron chi connectivity index (χ4n) is 3.39. The van der Waals surface area contributed by atoms with E-state index in [9.17, 15) is 13.6 Å². The number of hydrogen-bond acceptors (Lipinski definition) is 1. The van der Waals surface area contributed by atoms with Crippen LogP contribution in [-0.4, -0.2) is 10.5 Å². The Morgan fingerprint density at radius 3 is 2.33 bits per heavy atom. The minimum absolute atomic E-state index is 0.108. The van der Waals surface area contributed by atoms with Gasteiger partial charge in [-0.3, -0.25) is 4.79 Å². The second kappa shape index (κ2) is 6.83. The smallest absolute Gasteiger partial charge is 0.224 e. The summed E-state index contributed by atoms with van der Waals surface area (Å²) in [6.07, 6.45) is 0.243. The predicted octanol–water partition coefficient (Wildman–Crippen LogP) is 4.47. The molecule has 0 bridgehead atoms. The molecule has 1 heterocycles. The van der Waals surface area contributed by atoms with Crippen LogP contribution in [0.5, 0.6) is 0 Å². The van der Waals surface area contributed by atoms with E-state index in [4.69, 9.17) is 0 Å². The Kier molecular flexibility index (Phi) is 4.36. The topological polar surface area (TPSA) is 34.0 Å². The normalized spacial score (nSPS) is 11.2. The molecule has 5 heteroatoms. The highest BCUT2D eigenvalue weighted by Gasteiger charge is 2.11. The molecule has 0 spiro atoms. The Labute approximate surface area is 155 Å². The first-order chi connectivity index (χ1) is 13.0. The maximum absolute atomic E-state index is 13.6. The van der Waals surface area contributed by atoms with Crippen molar-refractivity contribution in [1.82, 2.24) is 9.88 Å². The number of carbonyl (C=O) groups excluding carboxylic acids is 1. The van der Waals surface area contributed by atoms with E-state index >= 15 is 0 Å². The first kappa shape index (κ1) is 17.2. The largest absolute Gasteiger partial charge is 0.352 e. The summed E-state index contributed by atoms with van der Waals surface area (Å²) in [5.74, 6) is -0.670. The average Bonchev–Trinajstić information content (AvgIpc) is 2.93. The van der Waals surface area contributed by atoms with E-state index in [2.05, 4.69) is 5.32 Å². The Morgan fingerprint density at radius 2 is 1.56 bits per heavy atom. The number of nitrogens with zero attached hydrogens (tertiary/aromatic N) is 1. The third kappa shape index (κ3) is 3.40. The van der Waals surface area contributed by atoms with E-state index in [0.717, 1.165) is 32.9 Å². The van der Waals surface area contributed by atoms with Gasteiger partial charge in [-0.05, 0) is 47.5 Å². The number of benzene rings is 3. The number of hydrogen-bond donors (Lipinski definition) is 1. The molecule has 0 saturated heterocycles. The molecule has 0 radical (unpaired) electrons. The van der Waals surface area contributed by atoms with Crippen LogP contribution in [0.2, 0.25) is 0 Å². The van der Waals surface area contributed by atoms with Crippen molar-refractivity contribution in [2.45, 2.75) is 13.0 Å². The zero-order chi connectivity index (χ0) is 19.0. The van der Waals surface area contributed by atoms with E-state index in [1.165, 1.54) is 24.3 Å². The van der Waals surface area contributed by atoms with Crippen LogP contribution in [0.25, 0.3) is 21.8 Å².